The van der Waals surface area contributed by atoms with Gasteiger partial charge in [-0.05, 0) is 45.6 Å². The minimum absolute atomic E-state index is 0.131. The molecular weight excluding hydrogens is 418 g/mol. The average Bonchev–Trinajstić information content (AvgIpc) is 3.48. The maximum atomic E-state index is 13.8. The van der Waals surface area contributed by atoms with Gasteiger partial charge in [0.1, 0.15) is 4.88 Å². The Morgan fingerprint density at radius 1 is 0.938 bits per heavy atom. The van der Waals surface area contributed by atoms with Crippen molar-refractivity contribution in [2.24, 2.45) is 0 Å². The fourth-order valence-electron chi connectivity index (χ4n) is 5.14. The highest BCUT2D eigenvalue weighted by Gasteiger charge is 2.43. The SMILES string of the molecule is Cc1cc(C)nc(N2C3CCC2CN(C(=O)c2sc(C4CC4)nc2-c2ccccc2)C3)n1. The van der Waals surface area contributed by atoms with Gasteiger partial charge in [-0.2, -0.15) is 0 Å². The van der Waals surface area contributed by atoms with Crippen LogP contribution in [0.5, 0.6) is 0 Å². The zero-order valence-electron chi connectivity index (χ0n) is 18.5. The number of rotatable bonds is 4. The lowest BCUT2D eigenvalue weighted by atomic mass is 10.1. The molecule has 6 rings (SSSR count). The van der Waals surface area contributed by atoms with E-state index in [-0.39, 0.29) is 18.0 Å². The Morgan fingerprint density at radius 2 is 1.59 bits per heavy atom. The summed E-state index contributed by atoms with van der Waals surface area (Å²) in [4.78, 5) is 33.3. The first kappa shape index (κ1) is 19.9. The van der Waals surface area contributed by atoms with Gasteiger partial charge in [0.2, 0.25) is 5.95 Å². The lowest BCUT2D eigenvalue weighted by molar-refractivity contribution is 0.0722. The number of anilines is 1. The minimum atomic E-state index is 0.131. The molecule has 3 fully saturated rings. The molecule has 6 nitrogen and oxygen atoms in total. The molecule has 2 aromatic heterocycles. The van der Waals surface area contributed by atoms with Gasteiger partial charge in [-0.25, -0.2) is 15.0 Å². The molecule has 0 spiro atoms. The fourth-order valence-corrected chi connectivity index (χ4v) is 6.36. The number of fused-ring (bicyclic) bond motifs is 2. The van der Waals surface area contributed by atoms with Crippen LogP contribution in [0.15, 0.2) is 36.4 Å². The first-order valence-corrected chi connectivity index (χ1v) is 12.3. The fraction of sp³-hybridized carbons (Fsp3) is 0.440. The summed E-state index contributed by atoms with van der Waals surface area (Å²) in [5.74, 6) is 1.49. The van der Waals surface area contributed by atoms with E-state index in [1.807, 2.05) is 38.1 Å². The van der Waals surface area contributed by atoms with E-state index in [0.29, 0.717) is 5.92 Å². The van der Waals surface area contributed by atoms with Gasteiger partial charge in [-0.15, -0.1) is 11.3 Å². The molecule has 3 aromatic rings. The van der Waals surface area contributed by atoms with Crippen LogP contribution in [0.1, 0.15) is 57.7 Å². The molecule has 3 aliphatic rings. The van der Waals surface area contributed by atoms with Crippen LogP contribution in [-0.4, -0.2) is 50.9 Å². The van der Waals surface area contributed by atoms with Crippen molar-refractivity contribution in [2.45, 2.75) is 57.5 Å². The number of piperazine rings is 1. The zero-order valence-corrected chi connectivity index (χ0v) is 19.3. The van der Waals surface area contributed by atoms with E-state index >= 15 is 0 Å². The molecule has 1 aromatic carbocycles. The van der Waals surface area contributed by atoms with E-state index in [0.717, 1.165) is 64.4 Å². The van der Waals surface area contributed by atoms with Gasteiger partial charge in [0.15, 0.2) is 0 Å². The molecule has 1 aliphatic carbocycles. The van der Waals surface area contributed by atoms with Crippen LogP contribution in [0.3, 0.4) is 0 Å². The van der Waals surface area contributed by atoms with E-state index in [9.17, 15) is 4.79 Å². The first-order valence-electron chi connectivity index (χ1n) is 11.5. The number of carbonyl (C=O) groups is 1. The maximum Gasteiger partial charge on any atom is 0.266 e. The molecule has 2 aliphatic heterocycles. The van der Waals surface area contributed by atoms with Gasteiger partial charge >= 0.3 is 0 Å². The molecule has 4 heterocycles. The molecule has 0 radical (unpaired) electrons. The summed E-state index contributed by atoms with van der Waals surface area (Å²) in [6.07, 6.45) is 4.53. The quantitative estimate of drug-likeness (QED) is 0.588. The summed E-state index contributed by atoms with van der Waals surface area (Å²) in [6, 6.07) is 12.7. The summed E-state index contributed by atoms with van der Waals surface area (Å²) in [6.45, 7) is 5.48. The molecule has 32 heavy (non-hydrogen) atoms. The molecule has 1 saturated carbocycles. The van der Waals surface area contributed by atoms with Crippen molar-refractivity contribution in [1.82, 2.24) is 19.9 Å². The molecule has 164 valence electrons. The Morgan fingerprint density at radius 3 is 2.22 bits per heavy atom. The molecule has 7 heteroatoms. The van der Waals surface area contributed by atoms with Crippen molar-refractivity contribution in [3.63, 3.8) is 0 Å². The molecule has 0 N–H and O–H groups in total. The van der Waals surface area contributed by atoms with Crippen molar-refractivity contribution in [2.75, 3.05) is 18.0 Å². The lowest BCUT2D eigenvalue weighted by Gasteiger charge is -2.41. The molecule has 2 atom stereocenters. The Kier molecular flexibility index (Phi) is 4.75. The number of hydrogen-bond acceptors (Lipinski definition) is 6. The van der Waals surface area contributed by atoms with Crippen LogP contribution < -0.4 is 4.90 Å². The molecule has 2 unspecified atom stereocenters. The van der Waals surface area contributed by atoms with Crippen LogP contribution >= 0.6 is 11.3 Å². The Bertz CT molecular complexity index is 1140. The topological polar surface area (TPSA) is 62.2 Å². The number of benzene rings is 1. The van der Waals surface area contributed by atoms with Crippen LogP contribution in [0.4, 0.5) is 5.95 Å². The smallest absolute Gasteiger partial charge is 0.266 e. The van der Waals surface area contributed by atoms with Gasteiger partial charge in [-0.1, -0.05) is 30.3 Å². The molecule has 1 amide bonds. The second-order valence-corrected chi connectivity index (χ2v) is 10.4. The largest absolute Gasteiger partial charge is 0.334 e. The summed E-state index contributed by atoms with van der Waals surface area (Å²) >= 11 is 1.61. The standard InChI is InChI=1S/C25H27N5OS/c1-15-12-16(2)27-25(26-15)30-19-10-11-20(30)14-29(13-19)24(31)22-21(17-6-4-3-5-7-17)28-23(32-22)18-8-9-18/h3-7,12,18-20H,8-11,13-14H2,1-2H3. The van der Waals surface area contributed by atoms with Gasteiger partial charge in [0, 0.05) is 48.0 Å². The van der Waals surface area contributed by atoms with Gasteiger partial charge < -0.3 is 9.80 Å². The average molecular weight is 446 g/mol. The molecule has 2 bridgehead atoms. The molecule has 2 saturated heterocycles. The highest BCUT2D eigenvalue weighted by atomic mass is 32.1. The van der Waals surface area contributed by atoms with Crippen LogP contribution in [-0.2, 0) is 0 Å². The highest BCUT2D eigenvalue weighted by Crippen LogP contribution is 2.45. The summed E-state index contributed by atoms with van der Waals surface area (Å²) < 4.78 is 0. The third kappa shape index (κ3) is 3.48. The number of carbonyl (C=O) groups excluding carboxylic acids is 1. The number of likely N-dealkylation sites (tertiary alicyclic amines) is 1. The van der Waals surface area contributed by atoms with Crippen LogP contribution in [0.2, 0.25) is 0 Å². The predicted octanol–water partition coefficient (Wildman–Crippen LogP) is 4.59. The van der Waals surface area contributed by atoms with Crippen LogP contribution in [0, 0.1) is 13.8 Å². The Balaban J connectivity index is 1.29. The Hall–Kier alpha value is -2.80. The van der Waals surface area contributed by atoms with Crippen molar-refractivity contribution < 1.29 is 4.79 Å². The number of amides is 1. The number of aryl methyl sites for hydroxylation is 2. The van der Waals surface area contributed by atoms with Crippen molar-refractivity contribution in [3.05, 3.63) is 57.7 Å². The summed E-state index contributed by atoms with van der Waals surface area (Å²) in [5, 5.41) is 1.12. The monoisotopic (exact) mass is 445 g/mol. The molecular formula is C25H27N5OS. The van der Waals surface area contributed by atoms with Crippen LogP contribution in [0.25, 0.3) is 11.3 Å². The van der Waals surface area contributed by atoms with Gasteiger partial charge in [0.05, 0.1) is 10.7 Å². The third-order valence-electron chi connectivity index (χ3n) is 6.78. The van der Waals surface area contributed by atoms with E-state index in [2.05, 4.69) is 21.9 Å². The van der Waals surface area contributed by atoms with Gasteiger partial charge in [0.25, 0.3) is 5.91 Å². The second-order valence-electron chi connectivity index (χ2n) is 9.32. The second kappa shape index (κ2) is 7.66. The van der Waals surface area contributed by atoms with Crippen molar-refractivity contribution in [1.29, 1.82) is 0 Å². The predicted molar refractivity (Wildman–Crippen MR) is 126 cm³/mol. The van der Waals surface area contributed by atoms with Crippen molar-refractivity contribution in [3.8, 4) is 11.3 Å². The zero-order chi connectivity index (χ0) is 21.8. The number of aromatic nitrogens is 3. The minimum Gasteiger partial charge on any atom is -0.334 e. The van der Waals surface area contributed by atoms with Crippen molar-refractivity contribution >= 4 is 23.2 Å². The third-order valence-corrected chi connectivity index (χ3v) is 7.99. The lowest BCUT2D eigenvalue weighted by Crippen LogP contribution is -2.56. The number of nitrogens with zero attached hydrogens (tertiary/aromatic N) is 5. The maximum absolute atomic E-state index is 13.8. The normalized spacial score (nSPS) is 22.4. The van der Waals surface area contributed by atoms with E-state index in [4.69, 9.17) is 15.0 Å². The Labute approximate surface area is 192 Å². The first-order chi connectivity index (χ1) is 15.6. The number of thiazole rings is 1. The van der Waals surface area contributed by atoms with Gasteiger partial charge in [-0.3, -0.25) is 4.79 Å². The highest BCUT2D eigenvalue weighted by molar-refractivity contribution is 7.14. The summed E-state index contributed by atoms with van der Waals surface area (Å²) in [7, 11) is 0. The van der Waals surface area contributed by atoms with E-state index < -0.39 is 0 Å². The number of hydrogen-bond donors (Lipinski definition) is 0. The summed E-state index contributed by atoms with van der Waals surface area (Å²) in [5.41, 5.74) is 3.88. The van der Waals surface area contributed by atoms with E-state index in [1.165, 1.54) is 12.8 Å². The van der Waals surface area contributed by atoms with E-state index in [1.54, 1.807) is 11.3 Å².